The number of benzene rings is 1. The summed E-state index contributed by atoms with van der Waals surface area (Å²) in [5, 5.41) is 4.22. The van der Waals surface area contributed by atoms with Crippen molar-refractivity contribution in [3.63, 3.8) is 0 Å². The fraction of sp³-hybridized carbons (Fsp3) is 0.474. The lowest BCUT2D eigenvalue weighted by molar-refractivity contribution is -0.135. The predicted molar refractivity (Wildman–Crippen MR) is 96.0 cm³/mol. The maximum absolute atomic E-state index is 12.7. The van der Waals surface area contributed by atoms with Gasteiger partial charge in [0, 0.05) is 32.5 Å². The number of hydrogen-bond acceptors (Lipinski definition) is 4. The molecule has 25 heavy (non-hydrogen) atoms. The molecule has 1 aromatic carbocycles. The highest BCUT2D eigenvalue weighted by Gasteiger charge is 2.25. The van der Waals surface area contributed by atoms with Crippen molar-refractivity contribution in [2.45, 2.75) is 25.6 Å². The second-order valence-electron chi connectivity index (χ2n) is 6.55. The molecule has 0 N–H and O–H groups in total. The van der Waals surface area contributed by atoms with E-state index >= 15 is 0 Å². The number of carbonyl (C=O) groups is 1. The van der Waals surface area contributed by atoms with Gasteiger partial charge in [-0.05, 0) is 18.6 Å². The van der Waals surface area contributed by atoms with E-state index in [9.17, 15) is 4.79 Å². The first kappa shape index (κ1) is 17.6. The molecule has 1 aliphatic rings. The number of likely N-dealkylation sites (N-methyl/N-ethyl adjacent to an activating group) is 1. The molecule has 0 aliphatic carbocycles. The molecule has 6 heteroatoms. The number of hydrogen-bond donors (Lipinski definition) is 0. The third-order valence-corrected chi connectivity index (χ3v) is 4.79. The van der Waals surface area contributed by atoms with Crippen LogP contribution in [-0.4, -0.2) is 64.9 Å². The van der Waals surface area contributed by atoms with E-state index in [-0.39, 0.29) is 18.1 Å². The van der Waals surface area contributed by atoms with E-state index in [2.05, 4.69) is 29.1 Å². The molecular formula is C19H26N4O2. The summed E-state index contributed by atoms with van der Waals surface area (Å²) >= 11 is 0. The third-order valence-electron chi connectivity index (χ3n) is 4.79. The second kappa shape index (κ2) is 8.27. The van der Waals surface area contributed by atoms with Gasteiger partial charge in [0.2, 0.25) is 5.91 Å². The van der Waals surface area contributed by atoms with Crippen LogP contribution in [0.1, 0.15) is 18.5 Å². The van der Waals surface area contributed by atoms with Crippen LogP contribution < -0.4 is 0 Å². The van der Waals surface area contributed by atoms with Crippen molar-refractivity contribution in [2.24, 2.45) is 0 Å². The highest BCUT2D eigenvalue weighted by Crippen LogP contribution is 2.18. The summed E-state index contributed by atoms with van der Waals surface area (Å²) in [6.07, 6.45) is 3.77. The van der Waals surface area contributed by atoms with E-state index in [1.165, 1.54) is 0 Å². The van der Waals surface area contributed by atoms with Crippen molar-refractivity contribution in [1.29, 1.82) is 0 Å². The number of carbonyl (C=O) groups excluding carboxylic acids is 1. The van der Waals surface area contributed by atoms with Gasteiger partial charge in [0.25, 0.3) is 0 Å². The van der Waals surface area contributed by atoms with Crippen molar-refractivity contribution < 1.29 is 9.53 Å². The fourth-order valence-corrected chi connectivity index (χ4v) is 3.13. The van der Waals surface area contributed by atoms with E-state index in [1.807, 2.05) is 47.1 Å². The standard InChI is InChI=1S/C19H26N4O2/c1-16(17-7-4-3-5-8-17)21(2)19(24)15-22-11-12-25-18(13-22)14-23-10-6-9-20-23/h3-10,16,18H,11-15H2,1-2H3/t16-,18-/m1/s1. The molecule has 1 fully saturated rings. The van der Waals surface area contributed by atoms with Crippen LogP contribution in [0, 0.1) is 0 Å². The zero-order valence-corrected chi connectivity index (χ0v) is 14.9. The van der Waals surface area contributed by atoms with E-state index in [0.717, 1.165) is 18.7 Å². The van der Waals surface area contributed by atoms with Crippen molar-refractivity contribution in [1.82, 2.24) is 19.6 Å². The number of rotatable bonds is 6. The Bertz CT molecular complexity index is 659. The van der Waals surface area contributed by atoms with Gasteiger partial charge in [-0.3, -0.25) is 14.4 Å². The quantitative estimate of drug-likeness (QED) is 0.803. The van der Waals surface area contributed by atoms with E-state index in [1.54, 1.807) is 6.20 Å². The van der Waals surface area contributed by atoms with Crippen molar-refractivity contribution in [2.75, 3.05) is 33.3 Å². The molecule has 2 aromatic rings. The molecule has 0 unspecified atom stereocenters. The summed E-state index contributed by atoms with van der Waals surface area (Å²) in [5.41, 5.74) is 1.15. The van der Waals surface area contributed by atoms with Crippen LogP contribution in [0.2, 0.25) is 0 Å². The average molecular weight is 342 g/mol. The average Bonchev–Trinajstić information content (AvgIpc) is 3.14. The lowest BCUT2D eigenvalue weighted by Crippen LogP contribution is -2.48. The molecule has 1 amide bonds. The second-order valence-corrected chi connectivity index (χ2v) is 6.55. The summed E-state index contributed by atoms with van der Waals surface area (Å²) in [6.45, 7) is 5.39. The zero-order chi connectivity index (χ0) is 17.6. The molecule has 2 heterocycles. The SMILES string of the molecule is C[C@H](c1ccccc1)N(C)C(=O)CN1CCO[C@@H](Cn2cccn2)C1. The van der Waals surface area contributed by atoms with Crippen LogP contribution in [0.5, 0.6) is 0 Å². The molecule has 0 bridgehead atoms. The van der Waals surface area contributed by atoms with Crippen molar-refractivity contribution >= 4 is 5.91 Å². The Morgan fingerprint density at radius 3 is 2.88 bits per heavy atom. The zero-order valence-electron chi connectivity index (χ0n) is 14.9. The van der Waals surface area contributed by atoms with Crippen LogP contribution in [0.15, 0.2) is 48.8 Å². The third kappa shape index (κ3) is 4.67. The maximum Gasteiger partial charge on any atom is 0.236 e. The van der Waals surface area contributed by atoms with Gasteiger partial charge >= 0.3 is 0 Å². The highest BCUT2D eigenvalue weighted by atomic mass is 16.5. The largest absolute Gasteiger partial charge is 0.374 e. The van der Waals surface area contributed by atoms with Gasteiger partial charge in [0.05, 0.1) is 31.8 Å². The summed E-state index contributed by atoms with van der Waals surface area (Å²) in [4.78, 5) is 16.7. The normalized spacial score (nSPS) is 19.5. The molecule has 1 saturated heterocycles. The first-order valence-corrected chi connectivity index (χ1v) is 8.75. The minimum absolute atomic E-state index is 0.0645. The molecule has 6 nitrogen and oxygen atoms in total. The number of amides is 1. The molecule has 1 aliphatic heterocycles. The number of aromatic nitrogens is 2. The number of nitrogens with zero attached hydrogens (tertiary/aromatic N) is 4. The summed E-state index contributed by atoms with van der Waals surface area (Å²) in [6, 6.07) is 12.1. The Morgan fingerprint density at radius 2 is 2.16 bits per heavy atom. The molecule has 0 radical (unpaired) electrons. The molecule has 2 atom stereocenters. The molecular weight excluding hydrogens is 316 g/mol. The molecule has 3 rings (SSSR count). The summed E-state index contributed by atoms with van der Waals surface area (Å²) in [7, 11) is 1.88. The van der Waals surface area contributed by atoms with E-state index in [4.69, 9.17) is 4.74 Å². The van der Waals surface area contributed by atoms with E-state index < -0.39 is 0 Å². The Kier molecular flexibility index (Phi) is 5.83. The molecule has 0 spiro atoms. The Labute approximate surface area is 149 Å². The topological polar surface area (TPSA) is 50.6 Å². The maximum atomic E-state index is 12.7. The lowest BCUT2D eigenvalue weighted by Gasteiger charge is -2.34. The van der Waals surface area contributed by atoms with Gasteiger partial charge < -0.3 is 9.64 Å². The molecule has 1 aromatic heterocycles. The van der Waals surface area contributed by atoms with E-state index in [0.29, 0.717) is 19.7 Å². The van der Waals surface area contributed by atoms with Crippen molar-refractivity contribution in [3.05, 3.63) is 54.4 Å². The number of morpholine rings is 1. The first-order valence-electron chi connectivity index (χ1n) is 8.75. The smallest absolute Gasteiger partial charge is 0.236 e. The van der Waals surface area contributed by atoms with Gasteiger partial charge in [-0.1, -0.05) is 30.3 Å². The molecule has 0 saturated carbocycles. The predicted octanol–water partition coefficient (Wildman–Crippen LogP) is 1.80. The Hall–Kier alpha value is -2.18. The minimum atomic E-state index is 0.0645. The van der Waals surface area contributed by atoms with Crippen LogP contribution >= 0.6 is 0 Å². The number of ether oxygens (including phenoxy) is 1. The lowest BCUT2D eigenvalue weighted by atomic mass is 10.1. The molecule has 134 valence electrons. The van der Waals surface area contributed by atoms with Crippen LogP contribution in [0.25, 0.3) is 0 Å². The Morgan fingerprint density at radius 1 is 1.36 bits per heavy atom. The van der Waals surface area contributed by atoms with Gasteiger partial charge in [-0.15, -0.1) is 0 Å². The van der Waals surface area contributed by atoms with Gasteiger partial charge in [0.15, 0.2) is 0 Å². The van der Waals surface area contributed by atoms with Gasteiger partial charge in [0.1, 0.15) is 0 Å². The van der Waals surface area contributed by atoms with Gasteiger partial charge in [-0.25, -0.2) is 0 Å². The fourth-order valence-electron chi connectivity index (χ4n) is 3.13. The van der Waals surface area contributed by atoms with Crippen LogP contribution in [-0.2, 0) is 16.1 Å². The van der Waals surface area contributed by atoms with Gasteiger partial charge in [-0.2, -0.15) is 5.10 Å². The minimum Gasteiger partial charge on any atom is -0.374 e. The Balaban J connectivity index is 1.53. The van der Waals surface area contributed by atoms with Crippen LogP contribution in [0.3, 0.4) is 0 Å². The monoisotopic (exact) mass is 342 g/mol. The van der Waals surface area contributed by atoms with Crippen LogP contribution in [0.4, 0.5) is 0 Å². The summed E-state index contributed by atoms with van der Waals surface area (Å²) in [5.74, 6) is 0.135. The summed E-state index contributed by atoms with van der Waals surface area (Å²) < 4.78 is 7.69. The first-order chi connectivity index (χ1) is 12.1. The van der Waals surface area contributed by atoms with Crippen molar-refractivity contribution in [3.8, 4) is 0 Å². The highest BCUT2D eigenvalue weighted by molar-refractivity contribution is 5.78.